The van der Waals surface area contributed by atoms with Crippen molar-refractivity contribution in [2.24, 2.45) is 11.8 Å². The van der Waals surface area contributed by atoms with Crippen LogP contribution in [0.4, 0.5) is 10.6 Å². The maximum Gasteiger partial charge on any atom is 0.410 e. The third kappa shape index (κ3) is 6.92. The molecule has 4 aliphatic rings. The normalized spacial score (nSPS) is 27.2. The highest BCUT2D eigenvalue weighted by Gasteiger charge is 2.40. The zero-order valence-corrected chi connectivity index (χ0v) is 28.2. The van der Waals surface area contributed by atoms with Gasteiger partial charge < -0.3 is 23.9 Å². The molecule has 11 nitrogen and oxygen atoms in total. The first kappa shape index (κ1) is 32.6. The van der Waals surface area contributed by atoms with Crippen LogP contribution in [0.5, 0.6) is 5.75 Å². The van der Waals surface area contributed by atoms with Crippen LogP contribution < -0.4 is 9.64 Å². The van der Waals surface area contributed by atoms with E-state index >= 15 is 0 Å². The fraction of sp³-hybridized carbons (Fsp3) is 0.595. The number of amides is 2. The Balaban J connectivity index is 1.04. The number of hydrogen-bond donors (Lipinski definition) is 1. The van der Waals surface area contributed by atoms with Crippen molar-refractivity contribution < 1.29 is 28.6 Å². The summed E-state index contributed by atoms with van der Waals surface area (Å²) >= 11 is 0. The molecule has 3 saturated carbocycles. The van der Waals surface area contributed by atoms with Crippen LogP contribution in [0.25, 0.3) is 11.3 Å². The van der Waals surface area contributed by atoms with Crippen LogP contribution in [0.2, 0.25) is 0 Å². The lowest BCUT2D eigenvalue weighted by molar-refractivity contribution is -0.124. The summed E-state index contributed by atoms with van der Waals surface area (Å²) in [7, 11) is 1.67. The molecule has 1 N–H and O–H groups in total. The maximum absolute atomic E-state index is 14.4. The van der Waals surface area contributed by atoms with E-state index in [4.69, 9.17) is 28.8 Å². The molecular weight excluding hydrogens is 610 g/mol. The molecule has 48 heavy (non-hydrogen) atoms. The van der Waals surface area contributed by atoms with Crippen LogP contribution in [0.3, 0.4) is 0 Å². The molecule has 0 unspecified atom stereocenters. The molecule has 0 aromatic carbocycles. The minimum atomic E-state index is -0.494. The first-order valence-electron chi connectivity index (χ1n) is 17.7. The van der Waals surface area contributed by atoms with Gasteiger partial charge in [-0.25, -0.2) is 14.8 Å². The average molecular weight is 658 g/mol. The number of rotatable bonds is 9. The molecule has 3 aliphatic carbocycles. The highest BCUT2D eigenvalue weighted by molar-refractivity contribution is 5.94. The topological polar surface area (TPSA) is 131 Å². The molecule has 4 fully saturated rings. The Morgan fingerprint density at radius 2 is 1.75 bits per heavy atom. The minimum absolute atomic E-state index is 0.0808. The molecule has 0 spiro atoms. The number of β-amino-alcohol motifs (C(OH)–C–C–N with tert-alkyl or cyclic N) is 1. The Labute approximate surface area is 282 Å². The highest BCUT2D eigenvalue weighted by atomic mass is 16.6. The number of nitrogens with zero attached hydrogens (tertiary/aromatic N) is 5. The molecule has 1 aliphatic heterocycles. The molecule has 1 saturated heterocycles. The van der Waals surface area contributed by atoms with Crippen molar-refractivity contribution in [3.63, 3.8) is 0 Å². The van der Waals surface area contributed by atoms with Gasteiger partial charge in [-0.2, -0.15) is 0 Å². The lowest BCUT2D eigenvalue weighted by atomic mass is 9.79. The summed E-state index contributed by atoms with van der Waals surface area (Å²) in [6.07, 6.45) is 11.2. The van der Waals surface area contributed by atoms with Crippen LogP contribution in [0, 0.1) is 18.8 Å². The van der Waals surface area contributed by atoms with Gasteiger partial charge in [0.15, 0.2) is 5.89 Å². The first-order valence-corrected chi connectivity index (χ1v) is 17.7. The van der Waals surface area contributed by atoms with Crippen molar-refractivity contribution in [1.82, 2.24) is 19.9 Å². The van der Waals surface area contributed by atoms with Crippen molar-refractivity contribution in [1.29, 1.82) is 0 Å². The van der Waals surface area contributed by atoms with Gasteiger partial charge in [0.1, 0.15) is 29.6 Å². The predicted octanol–water partition coefficient (Wildman–Crippen LogP) is 6.39. The number of likely N-dealkylation sites (tertiary alicyclic amines) is 1. The van der Waals surface area contributed by atoms with Gasteiger partial charge in [-0.15, -0.1) is 0 Å². The number of hydrogen-bond acceptors (Lipinski definition) is 9. The van der Waals surface area contributed by atoms with Crippen LogP contribution in [0.1, 0.15) is 100 Å². The molecule has 2 amide bonds. The lowest BCUT2D eigenvalue weighted by Gasteiger charge is -2.43. The molecular formula is C37H47N5O6. The van der Waals surface area contributed by atoms with E-state index in [1.165, 1.54) is 0 Å². The second kappa shape index (κ2) is 13.9. The quantitative estimate of drug-likeness (QED) is 0.278. The van der Waals surface area contributed by atoms with Crippen molar-refractivity contribution in [2.75, 3.05) is 25.1 Å². The van der Waals surface area contributed by atoms with Gasteiger partial charge in [-0.05, 0) is 108 Å². The number of carbonyl (C=O) groups excluding carboxylic acids is 2. The van der Waals surface area contributed by atoms with E-state index in [0.29, 0.717) is 62.3 Å². The third-order valence-corrected chi connectivity index (χ3v) is 11.0. The van der Waals surface area contributed by atoms with Crippen LogP contribution >= 0.6 is 0 Å². The number of methoxy groups -OCH3 is 1. The van der Waals surface area contributed by atoms with Gasteiger partial charge in [-0.1, -0.05) is 0 Å². The van der Waals surface area contributed by atoms with E-state index in [-0.39, 0.29) is 30.1 Å². The number of oxazole rings is 1. The molecule has 11 heteroatoms. The minimum Gasteiger partial charge on any atom is -0.495 e. The van der Waals surface area contributed by atoms with E-state index in [2.05, 4.69) is 6.07 Å². The lowest BCUT2D eigenvalue weighted by Crippen LogP contribution is -2.61. The second-order valence-corrected chi connectivity index (χ2v) is 14.3. The average Bonchev–Trinajstić information content (AvgIpc) is 3.85. The Kier molecular flexibility index (Phi) is 9.40. The van der Waals surface area contributed by atoms with E-state index in [1.807, 2.05) is 36.9 Å². The van der Waals surface area contributed by atoms with Gasteiger partial charge in [0.2, 0.25) is 5.91 Å². The van der Waals surface area contributed by atoms with Crippen molar-refractivity contribution >= 4 is 17.8 Å². The zero-order valence-electron chi connectivity index (χ0n) is 28.2. The summed E-state index contributed by atoms with van der Waals surface area (Å²) in [4.78, 5) is 44.7. The summed E-state index contributed by atoms with van der Waals surface area (Å²) in [5.41, 5.74) is 3.68. The second-order valence-electron chi connectivity index (χ2n) is 14.3. The van der Waals surface area contributed by atoms with Crippen molar-refractivity contribution in [3.8, 4) is 17.0 Å². The number of anilines is 1. The number of pyridine rings is 2. The summed E-state index contributed by atoms with van der Waals surface area (Å²) < 4.78 is 17.0. The van der Waals surface area contributed by atoms with Gasteiger partial charge in [0.25, 0.3) is 0 Å². The zero-order chi connectivity index (χ0) is 33.4. The molecule has 3 aromatic heterocycles. The standard InChI is InChI=1S/C37H47N5O6/c1-22-33(46-3)15-14-30(39-22)25-6-4-24(5-7-25)19-42(34-18-28(16-17-38-34)31-21-47-35(40-31)26-8-9-26)36(44)27-10-12-29(13-11-27)48-37(45)41-20-32(43)23(41)2/h14-18,21,23-27,29,32,43H,4-13,19-20H2,1-3H3/t23-,24?,25?,27?,29?,32-/m0/s1. The maximum atomic E-state index is 14.4. The Hall–Kier alpha value is -3.99. The van der Waals surface area contributed by atoms with Gasteiger partial charge >= 0.3 is 6.09 Å². The molecule has 4 heterocycles. The highest BCUT2D eigenvalue weighted by Crippen LogP contribution is 2.41. The van der Waals surface area contributed by atoms with Gasteiger partial charge in [-0.3, -0.25) is 14.7 Å². The Morgan fingerprint density at radius 1 is 1.00 bits per heavy atom. The van der Waals surface area contributed by atoms with Gasteiger partial charge in [0.05, 0.1) is 31.5 Å². The number of aliphatic hydroxyl groups excluding tert-OH is 1. The van der Waals surface area contributed by atoms with E-state index < -0.39 is 6.10 Å². The van der Waals surface area contributed by atoms with Crippen LogP contribution in [-0.4, -0.2) is 75.4 Å². The molecule has 0 bridgehead atoms. The molecule has 2 atom stereocenters. The molecule has 3 aromatic rings. The number of carbonyl (C=O) groups is 2. The monoisotopic (exact) mass is 657 g/mol. The molecule has 7 rings (SSSR count). The number of aryl methyl sites for hydroxylation is 1. The first-order chi connectivity index (χ1) is 23.3. The van der Waals surface area contributed by atoms with Gasteiger partial charge in [0, 0.05) is 41.8 Å². The summed E-state index contributed by atoms with van der Waals surface area (Å²) in [5.74, 6) is 3.29. The van der Waals surface area contributed by atoms with Crippen LogP contribution in [-0.2, 0) is 9.53 Å². The largest absolute Gasteiger partial charge is 0.495 e. The third-order valence-electron chi connectivity index (χ3n) is 11.0. The number of ether oxygens (including phenoxy) is 2. The SMILES string of the molecule is COc1ccc(C2CCC(CN(C(=O)C3CCC(OC(=O)N4C[C@H](O)[C@@H]4C)CC3)c3cc(-c4coc(C5CC5)n4)ccn3)CC2)nc1C. The summed E-state index contributed by atoms with van der Waals surface area (Å²) in [6.45, 7) is 4.72. The van der Waals surface area contributed by atoms with Crippen LogP contribution in [0.15, 0.2) is 41.1 Å². The van der Waals surface area contributed by atoms with E-state index in [0.717, 1.165) is 72.8 Å². The van der Waals surface area contributed by atoms with Crippen molar-refractivity contribution in [2.45, 2.75) is 108 Å². The predicted molar refractivity (Wildman–Crippen MR) is 179 cm³/mol. The summed E-state index contributed by atoms with van der Waals surface area (Å²) in [6, 6.07) is 7.76. The number of aromatic nitrogens is 3. The Bertz CT molecular complexity index is 1610. The fourth-order valence-corrected chi connectivity index (χ4v) is 7.56. The van der Waals surface area contributed by atoms with Crippen molar-refractivity contribution in [3.05, 3.63) is 54.0 Å². The smallest absolute Gasteiger partial charge is 0.410 e. The fourth-order valence-electron chi connectivity index (χ4n) is 7.56. The van der Waals surface area contributed by atoms with E-state index in [9.17, 15) is 14.7 Å². The molecule has 256 valence electrons. The number of aliphatic hydroxyl groups is 1. The van der Waals surface area contributed by atoms with E-state index in [1.54, 1.807) is 24.5 Å². The Morgan fingerprint density at radius 3 is 2.42 bits per heavy atom. The summed E-state index contributed by atoms with van der Waals surface area (Å²) in [5, 5.41) is 9.79. The molecule has 0 radical (unpaired) electrons.